The zero-order valence-corrected chi connectivity index (χ0v) is 14.7. The van der Waals surface area contributed by atoms with Crippen LogP contribution >= 0.6 is 0 Å². The van der Waals surface area contributed by atoms with Crippen LogP contribution in [0.1, 0.15) is 0 Å². The fourth-order valence-electron chi connectivity index (χ4n) is 2.66. The number of hydrogen-bond donors (Lipinski definition) is 2. The van der Waals surface area contributed by atoms with Crippen LogP contribution in [0.15, 0.2) is 48.8 Å². The van der Waals surface area contributed by atoms with Gasteiger partial charge < -0.3 is 24.8 Å². The number of nitro groups is 1. The standard InChI is InChI=1S/C18H15N5O5/c1-26-13-5-2-11(3-6-13)21-17-16(23(24)25)18(20-9-19-17)22-12-4-7-14-15(8-12)28-10-27-14/h2-9H,10H2,1H3,(H2,19,20,21,22). The van der Waals surface area contributed by atoms with Gasteiger partial charge in [0.15, 0.2) is 11.5 Å². The number of anilines is 4. The Morgan fingerprint density at radius 3 is 2.32 bits per heavy atom. The van der Waals surface area contributed by atoms with E-state index in [1.54, 1.807) is 49.6 Å². The number of nitrogens with zero attached hydrogens (tertiary/aromatic N) is 3. The predicted molar refractivity (Wildman–Crippen MR) is 101 cm³/mol. The van der Waals surface area contributed by atoms with E-state index in [1.165, 1.54) is 6.33 Å². The first-order chi connectivity index (χ1) is 13.6. The minimum atomic E-state index is -0.541. The summed E-state index contributed by atoms with van der Waals surface area (Å²) in [6, 6.07) is 12.1. The van der Waals surface area contributed by atoms with Crippen molar-refractivity contribution in [2.45, 2.75) is 0 Å². The highest BCUT2D eigenvalue weighted by atomic mass is 16.7. The van der Waals surface area contributed by atoms with Gasteiger partial charge in [-0.05, 0) is 36.4 Å². The topological polar surface area (TPSA) is 121 Å². The molecule has 2 heterocycles. The average Bonchev–Trinajstić information content (AvgIpc) is 3.16. The van der Waals surface area contributed by atoms with E-state index in [0.29, 0.717) is 28.6 Å². The zero-order chi connectivity index (χ0) is 19.5. The number of fused-ring (bicyclic) bond motifs is 1. The maximum absolute atomic E-state index is 11.7. The fourth-order valence-corrected chi connectivity index (χ4v) is 2.66. The van der Waals surface area contributed by atoms with Gasteiger partial charge >= 0.3 is 5.69 Å². The van der Waals surface area contributed by atoms with Crippen molar-refractivity contribution in [3.8, 4) is 17.2 Å². The molecule has 0 bridgehead atoms. The van der Waals surface area contributed by atoms with Crippen LogP contribution in [-0.4, -0.2) is 28.8 Å². The van der Waals surface area contributed by atoms with E-state index in [1.807, 2.05) is 0 Å². The Kier molecular flexibility index (Phi) is 4.50. The second-order valence-electron chi connectivity index (χ2n) is 5.72. The lowest BCUT2D eigenvalue weighted by molar-refractivity contribution is -0.383. The van der Waals surface area contributed by atoms with E-state index in [2.05, 4.69) is 20.6 Å². The fraction of sp³-hybridized carbons (Fsp3) is 0.111. The Morgan fingerprint density at radius 1 is 1.00 bits per heavy atom. The molecule has 1 aliphatic heterocycles. The van der Waals surface area contributed by atoms with Crippen LogP contribution in [0, 0.1) is 10.1 Å². The minimum absolute atomic E-state index is 0.0508. The third kappa shape index (κ3) is 3.43. The van der Waals surface area contributed by atoms with E-state index in [9.17, 15) is 10.1 Å². The Labute approximate surface area is 159 Å². The van der Waals surface area contributed by atoms with Gasteiger partial charge in [0.05, 0.1) is 12.0 Å². The monoisotopic (exact) mass is 381 g/mol. The van der Waals surface area contributed by atoms with E-state index in [-0.39, 0.29) is 24.1 Å². The molecule has 0 amide bonds. The van der Waals surface area contributed by atoms with Crippen molar-refractivity contribution in [2.24, 2.45) is 0 Å². The van der Waals surface area contributed by atoms with Crippen molar-refractivity contribution in [3.63, 3.8) is 0 Å². The SMILES string of the molecule is COc1ccc(Nc2ncnc(Nc3ccc4c(c3)OCO4)c2[N+](=O)[O-])cc1. The summed E-state index contributed by atoms with van der Waals surface area (Å²) in [5, 5.41) is 17.6. The van der Waals surface area contributed by atoms with Gasteiger partial charge in [-0.3, -0.25) is 10.1 Å². The summed E-state index contributed by atoms with van der Waals surface area (Å²) in [5.41, 5.74) is 0.911. The van der Waals surface area contributed by atoms with Gasteiger partial charge in [0.2, 0.25) is 18.4 Å². The van der Waals surface area contributed by atoms with Gasteiger partial charge in [-0.25, -0.2) is 9.97 Å². The van der Waals surface area contributed by atoms with E-state index < -0.39 is 4.92 Å². The van der Waals surface area contributed by atoms with Crippen molar-refractivity contribution < 1.29 is 19.1 Å². The summed E-state index contributed by atoms with van der Waals surface area (Å²) in [5.74, 6) is 1.96. The molecule has 3 aromatic rings. The lowest BCUT2D eigenvalue weighted by Gasteiger charge is -2.11. The van der Waals surface area contributed by atoms with Crippen molar-refractivity contribution in [1.29, 1.82) is 0 Å². The summed E-state index contributed by atoms with van der Waals surface area (Å²) in [6.45, 7) is 0.141. The highest BCUT2D eigenvalue weighted by molar-refractivity contribution is 5.77. The Balaban J connectivity index is 1.64. The molecule has 0 saturated heterocycles. The third-order valence-electron chi connectivity index (χ3n) is 3.99. The van der Waals surface area contributed by atoms with Gasteiger partial charge in [0.1, 0.15) is 12.1 Å². The molecule has 1 aromatic heterocycles. The van der Waals surface area contributed by atoms with Crippen LogP contribution in [0.5, 0.6) is 17.2 Å². The molecule has 10 nitrogen and oxygen atoms in total. The summed E-state index contributed by atoms with van der Waals surface area (Å²) < 4.78 is 15.7. The van der Waals surface area contributed by atoms with Crippen molar-refractivity contribution in [1.82, 2.24) is 9.97 Å². The first-order valence-corrected chi connectivity index (χ1v) is 8.21. The Bertz CT molecular complexity index is 1030. The summed E-state index contributed by atoms with van der Waals surface area (Å²) in [4.78, 5) is 19.2. The van der Waals surface area contributed by atoms with Gasteiger partial charge in [-0.1, -0.05) is 0 Å². The number of benzene rings is 2. The number of nitrogens with one attached hydrogen (secondary N) is 2. The predicted octanol–water partition coefficient (Wildman–Crippen LogP) is 3.61. The molecule has 2 aromatic carbocycles. The van der Waals surface area contributed by atoms with Crippen LogP contribution < -0.4 is 24.8 Å². The number of aromatic nitrogens is 2. The molecule has 28 heavy (non-hydrogen) atoms. The molecule has 142 valence electrons. The van der Waals surface area contributed by atoms with Crippen molar-refractivity contribution in [3.05, 3.63) is 58.9 Å². The van der Waals surface area contributed by atoms with Crippen molar-refractivity contribution >= 4 is 28.7 Å². The average molecular weight is 381 g/mol. The van der Waals surface area contributed by atoms with Gasteiger partial charge in [-0.2, -0.15) is 0 Å². The third-order valence-corrected chi connectivity index (χ3v) is 3.99. The lowest BCUT2D eigenvalue weighted by Crippen LogP contribution is -2.05. The number of rotatable bonds is 6. The summed E-state index contributed by atoms with van der Waals surface area (Å²) >= 11 is 0. The minimum Gasteiger partial charge on any atom is -0.497 e. The molecule has 0 fully saturated rings. The van der Waals surface area contributed by atoms with Gasteiger partial charge in [0, 0.05) is 17.4 Å². The Morgan fingerprint density at radius 2 is 1.64 bits per heavy atom. The highest BCUT2D eigenvalue weighted by Gasteiger charge is 2.24. The molecule has 0 saturated carbocycles. The second-order valence-corrected chi connectivity index (χ2v) is 5.72. The molecule has 4 rings (SSSR count). The van der Waals surface area contributed by atoms with Crippen LogP contribution in [0.4, 0.5) is 28.7 Å². The molecule has 0 unspecified atom stereocenters. The normalized spacial score (nSPS) is 11.8. The second kappa shape index (κ2) is 7.27. The molecule has 10 heteroatoms. The lowest BCUT2D eigenvalue weighted by atomic mass is 10.2. The van der Waals surface area contributed by atoms with Crippen LogP contribution in [-0.2, 0) is 0 Å². The number of methoxy groups -OCH3 is 1. The zero-order valence-electron chi connectivity index (χ0n) is 14.7. The molecular formula is C18H15N5O5. The first-order valence-electron chi connectivity index (χ1n) is 8.21. The summed E-state index contributed by atoms with van der Waals surface area (Å²) in [6.07, 6.45) is 1.24. The molecule has 0 radical (unpaired) electrons. The largest absolute Gasteiger partial charge is 0.497 e. The Hall–Kier alpha value is -4.08. The number of ether oxygens (including phenoxy) is 3. The molecular weight excluding hydrogens is 366 g/mol. The van der Waals surface area contributed by atoms with E-state index >= 15 is 0 Å². The number of hydrogen-bond acceptors (Lipinski definition) is 9. The maximum Gasteiger partial charge on any atom is 0.353 e. The highest BCUT2D eigenvalue weighted by Crippen LogP contribution is 2.37. The van der Waals surface area contributed by atoms with Crippen LogP contribution in [0.25, 0.3) is 0 Å². The van der Waals surface area contributed by atoms with Crippen LogP contribution in [0.3, 0.4) is 0 Å². The molecule has 2 N–H and O–H groups in total. The van der Waals surface area contributed by atoms with Gasteiger partial charge in [-0.15, -0.1) is 0 Å². The van der Waals surface area contributed by atoms with Gasteiger partial charge in [0.25, 0.3) is 0 Å². The van der Waals surface area contributed by atoms with E-state index in [4.69, 9.17) is 14.2 Å². The quantitative estimate of drug-likeness (QED) is 0.487. The smallest absolute Gasteiger partial charge is 0.353 e. The van der Waals surface area contributed by atoms with E-state index in [0.717, 1.165) is 0 Å². The molecule has 1 aliphatic rings. The molecule has 0 spiro atoms. The first kappa shape index (κ1) is 17.3. The maximum atomic E-state index is 11.7. The van der Waals surface area contributed by atoms with Crippen molar-refractivity contribution in [2.75, 3.05) is 24.5 Å². The van der Waals surface area contributed by atoms with Crippen LogP contribution in [0.2, 0.25) is 0 Å². The molecule has 0 aliphatic carbocycles. The molecule has 0 atom stereocenters. The summed E-state index contributed by atoms with van der Waals surface area (Å²) in [7, 11) is 1.56.